The van der Waals surface area contributed by atoms with Gasteiger partial charge in [0.25, 0.3) is 0 Å². The number of nitrogens with zero attached hydrogens (tertiary/aromatic N) is 4. The highest BCUT2D eigenvalue weighted by molar-refractivity contribution is 5.37. The Bertz CT molecular complexity index is 365. The SMILES string of the molecule is CCN(CC)c1nc(NC)nc(OCC(C)C)n1. The topological polar surface area (TPSA) is 63.2 Å². The predicted molar refractivity (Wildman–Crippen MR) is 73.3 cm³/mol. The van der Waals surface area contributed by atoms with Gasteiger partial charge in [-0.15, -0.1) is 0 Å². The lowest BCUT2D eigenvalue weighted by molar-refractivity contribution is 0.250. The largest absolute Gasteiger partial charge is 0.463 e. The Kier molecular flexibility index (Phi) is 5.61. The molecule has 6 heteroatoms. The molecule has 0 radical (unpaired) electrons. The summed E-state index contributed by atoms with van der Waals surface area (Å²) in [5, 5.41) is 2.93. The fraction of sp³-hybridized carbons (Fsp3) is 0.750. The van der Waals surface area contributed by atoms with Crippen LogP contribution in [0.2, 0.25) is 0 Å². The molecule has 18 heavy (non-hydrogen) atoms. The second-order valence-corrected chi connectivity index (χ2v) is 4.37. The Morgan fingerprint density at radius 3 is 2.33 bits per heavy atom. The highest BCUT2D eigenvalue weighted by Gasteiger charge is 2.11. The molecule has 0 fully saturated rings. The summed E-state index contributed by atoms with van der Waals surface area (Å²) in [6, 6.07) is 0.380. The van der Waals surface area contributed by atoms with Crippen LogP contribution in [0, 0.1) is 5.92 Å². The van der Waals surface area contributed by atoms with Gasteiger partial charge in [-0.2, -0.15) is 15.0 Å². The summed E-state index contributed by atoms with van der Waals surface area (Å²) in [7, 11) is 1.79. The van der Waals surface area contributed by atoms with E-state index in [9.17, 15) is 0 Å². The normalized spacial score (nSPS) is 10.6. The minimum atomic E-state index is 0.380. The third kappa shape index (κ3) is 4.01. The molecular formula is C12H23N5O. The van der Waals surface area contributed by atoms with Crippen molar-refractivity contribution < 1.29 is 4.74 Å². The van der Waals surface area contributed by atoms with Gasteiger partial charge >= 0.3 is 6.01 Å². The van der Waals surface area contributed by atoms with Crippen LogP contribution in [0.1, 0.15) is 27.7 Å². The average molecular weight is 253 g/mol. The Balaban J connectivity index is 2.93. The van der Waals surface area contributed by atoms with Crippen molar-refractivity contribution >= 4 is 11.9 Å². The second-order valence-electron chi connectivity index (χ2n) is 4.37. The molecule has 0 amide bonds. The van der Waals surface area contributed by atoms with E-state index >= 15 is 0 Å². The van der Waals surface area contributed by atoms with Crippen LogP contribution in [0.25, 0.3) is 0 Å². The minimum Gasteiger partial charge on any atom is -0.463 e. The molecule has 0 bridgehead atoms. The molecule has 0 spiro atoms. The highest BCUT2D eigenvalue weighted by Crippen LogP contribution is 2.15. The van der Waals surface area contributed by atoms with Gasteiger partial charge in [-0.3, -0.25) is 0 Å². The first-order chi connectivity index (χ1) is 8.60. The summed E-state index contributed by atoms with van der Waals surface area (Å²) in [6.07, 6.45) is 0. The number of ether oxygens (including phenoxy) is 1. The van der Waals surface area contributed by atoms with E-state index in [0.717, 1.165) is 13.1 Å². The molecule has 0 aliphatic carbocycles. The fourth-order valence-corrected chi connectivity index (χ4v) is 1.41. The number of rotatable bonds is 7. The summed E-state index contributed by atoms with van der Waals surface area (Å²) in [4.78, 5) is 14.9. The Morgan fingerprint density at radius 2 is 1.83 bits per heavy atom. The maximum atomic E-state index is 5.56. The molecule has 0 saturated carbocycles. The van der Waals surface area contributed by atoms with Crippen molar-refractivity contribution in [2.75, 3.05) is 37.0 Å². The summed E-state index contributed by atoms with van der Waals surface area (Å²) in [6.45, 7) is 10.6. The lowest BCUT2D eigenvalue weighted by Crippen LogP contribution is -2.25. The number of hydrogen-bond acceptors (Lipinski definition) is 6. The van der Waals surface area contributed by atoms with Gasteiger partial charge in [-0.1, -0.05) is 13.8 Å². The zero-order valence-corrected chi connectivity index (χ0v) is 11.9. The summed E-state index contributed by atoms with van der Waals surface area (Å²) >= 11 is 0. The van der Waals surface area contributed by atoms with E-state index in [4.69, 9.17) is 4.74 Å². The molecule has 0 aromatic carbocycles. The van der Waals surface area contributed by atoms with Crippen molar-refractivity contribution in [3.05, 3.63) is 0 Å². The monoisotopic (exact) mass is 253 g/mol. The molecule has 0 aliphatic rings. The van der Waals surface area contributed by atoms with Gasteiger partial charge in [0.2, 0.25) is 11.9 Å². The van der Waals surface area contributed by atoms with Gasteiger partial charge in [0.05, 0.1) is 6.61 Å². The molecule has 6 nitrogen and oxygen atoms in total. The smallest absolute Gasteiger partial charge is 0.323 e. The van der Waals surface area contributed by atoms with Gasteiger partial charge in [0.15, 0.2) is 0 Å². The lowest BCUT2D eigenvalue weighted by Gasteiger charge is -2.19. The van der Waals surface area contributed by atoms with Crippen molar-refractivity contribution in [3.8, 4) is 6.01 Å². The molecule has 0 aliphatic heterocycles. The molecule has 102 valence electrons. The predicted octanol–water partition coefficient (Wildman–Crippen LogP) is 1.79. The van der Waals surface area contributed by atoms with E-state index < -0.39 is 0 Å². The van der Waals surface area contributed by atoms with Gasteiger partial charge in [-0.05, 0) is 19.8 Å². The van der Waals surface area contributed by atoms with Gasteiger partial charge in [0, 0.05) is 20.1 Å². The van der Waals surface area contributed by atoms with Gasteiger partial charge in [-0.25, -0.2) is 0 Å². The van der Waals surface area contributed by atoms with E-state index in [-0.39, 0.29) is 0 Å². The molecule has 0 atom stereocenters. The Hall–Kier alpha value is -1.59. The molecule has 1 rings (SSSR count). The molecule has 1 heterocycles. The van der Waals surface area contributed by atoms with Gasteiger partial charge in [0.1, 0.15) is 0 Å². The lowest BCUT2D eigenvalue weighted by atomic mass is 10.2. The Morgan fingerprint density at radius 1 is 1.17 bits per heavy atom. The van der Waals surface area contributed by atoms with Crippen molar-refractivity contribution in [3.63, 3.8) is 0 Å². The van der Waals surface area contributed by atoms with E-state index in [2.05, 4.69) is 52.9 Å². The average Bonchev–Trinajstić information content (AvgIpc) is 2.37. The van der Waals surface area contributed by atoms with Crippen LogP contribution in [0.5, 0.6) is 6.01 Å². The maximum Gasteiger partial charge on any atom is 0.323 e. The van der Waals surface area contributed by atoms with Crippen LogP contribution in [-0.2, 0) is 0 Å². The molecule has 1 N–H and O–H groups in total. The number of aromatic nitrogens is 3. The van der Waals surface area contributed by atoms with Crippen molar-refractivity contribution in [2.45, 2.75) is 27.7 Å². The van der Waals surface area contributed by atoms with Crippen LogP contribution < -0.4 is 15.0 Å². The quantitative estimate of drug-likeness (QED) is 0.799. The molecule has 1 aromatic heterocycles. The summed E-state index contributed by atoms with van der Waals surface area (Å²) < 4.78 is 5.56. The molecule has 0 unspecified atom stereocenters. The van der Waals surface area contributed by atoms with E-state index in [1.165, 1.54) is 0 Å². The molecule has 0 saturated heterocycles. The van der Waals surface area contributed by atoms with Crippen LogP contribution in [0.3, 0.4) is 0 Å². The fourth-order valence-electron chi connectivity index (χ4n) is 1.41. The first kappa shape index (κ1) is 14.5. The van der Waals surface area contributed by atoms with E-state index in [1.807, 2.05) is 0 Å². The Labute approximate surface area is 109 Å². The first-order valence-electron chi connectivity index (χ1n) is 6.42. The maximum absolute atomic E-state index is 5.56. The second kappa shape index (κ2) is 6.98. The zero-order valence-electron chi connectivity index (χ0n) is 11.9. The number of hydrogen-bond donors (Lipinski definition) is 1. The number of nitrogens with one attached hydrogen (secondary N) is 1. The third-order valence-electron chi connectivity index (χ3n) is 2.42. The number of anilines is 2. The first-order valence-corrected chi connectivity index (χ1v) is 6.42. The van der Waals surface area contributed by atoms with Crippen LogP contribution in [-0.4, -0.2) is 41.7 Å². The molecular weight excluding hydrogens is 230 g/mol. The summed E-state index contributed by atoms with van der Waals surface area (Å²) in [5.74, 6) is 1.63. The minimum absolute atomic E-state index is 0.380. The highest BCUT2D eigenvalue weighted by atomic mass is 16.5. The van der Waals surface area contributed by atoms with Crippen molar-refractivity contribution in [1.82, 2.24) is 15.0 Å². The van der Waals surface area contributed by atoms with E-state index in [0.29, 0.717) is 30.4 Å². The van der Waals surface area contributed by atoms with Crippen molar-refractivity contribution in [2.24, 2.45) is 5.92 Å². The van der Waals surface area contributed by atoms with Gasteiger partial charge < -0.3 is 15.0 Å². The zero-order chi connectivity index (χ0) is 13.5. The van der Waals surface area contributed by atoms with Crippen LogP contribution >= 0.6 is 0 Å². The summed E-state index contributed by atoms with van der Waals surface area (Å²) in [5.41, 5.74) is 0. The van der Waals surface area contributed by atoms with Crippen LogP contribution in [0.4, 0.5) is 11.9 Å². The molecule has 1 aromatic rings. The van der Waals surface area contributed by atoms with Crippen molar-refractivity contribution in [1.29, 1.82) is 0 Å². The standard InChI is InChI=1S/C12H23N5O/c1-6-17(7-2)11-14-10(13-5)15-12(16-11)18-8-9(3)4/h9H,6-8H2,1-5H3,(H,13,14,15,16). The van der Waals surface area contributed by atoms with E-state index in [1.54, 1.807) is 7.05 Å². The van der Waals surface area contributed by atoms with Crippen LogP contribution in [0.15, 0.2) is 0 Å². The third-order valence-corrected chi connectivity index (χ3v) is 2.42.